The van der Waals surface area contributed by atoms with E-state index in [-0.39, 0.29) is 11.3 Å². The van der Waals surface area contributed by atoms with E-state index in [1.165, 1.54) is 16.9 Å². The first-order chi connectivity index (χ1) is 10.8. The number of fused-ring (bicyclic) bond motifs is 1. The number of amides is 1. The lowest BCUT2D eigenvalue weighted by Crippen LogP contribution is -2.14. The SMILES string of the molecule is CC(C)(C)c1ccc(C(=O)Nc2nc3ccc(Cl)cc3s2)cc1. The van der Waals surface area contributed by atoms with Gasteiger partial charge in [-0.15, -0.1) is 0 Å². The zero-order chi connectivity index (χ0) is 16.6. The van der Waals surface area contributed by atoms with Gasteiger partial charge in [0, 0.05) is 10.6 Å². The van der Waals surface area contributed by atoms with Gasteiger partial charge in [-0.3, -0.25) is 10.1 Å². The van der Waals surface area contributed by atoms with Crippen LogP contribution >= 0.6 is 22.9 Å². The van der Waals surface area contributed by atoms with Gasteiger partial charge in [-0.2, -0.15) is 0 Å². The van der Waals surface area contributed by atoms with Crippen LogP contribution in [-0.4, -0.2) is 10.9 Å². The van der Waals surface area contributed by atoms with Crippen molar-refractivity contribution in [2.45, 2.75) is 26.2 Å². The standard InChI is InChI=1S/C18H17ClN2OS/c1-18(2,3)12-6-4-11(5-7-12)16(22)21-17-20-14-9-8-13(19)10-15(14)23-17/h4-10H,1-3H3,(H,20,21,22). The Morgan fingerprint density at radius 1 is 1.13 bits per heavy atom. The van der Waals surface area contributed by atoms with Gasteiger partial charge in [0.2, 0.25) is 0 Å². The smallest absolute Gasteiger partial charge is 0.257 e. The van der Waals surface area contributed by atoms with E-state index >= 15 is 0 Å². The molecule has 1 aromatic heterocycles. The van der Waals surface area contributed by atoms with Crippen molar-refractivity contribution in [3.63, 3.8) is 0 Å². The van der Waals surface area contributed by atoms with Crippen LogP contribution in [0.1, 0.15) is 36.7 Å². The maximum absolute atomic E-state index is 12.3. The Morgan fingerprint density at radius 3 is 2.48 bits per heavy atom. The van der Waals surface area contributed by atoms with Crippen LogP contribution < -0.4 is 5.32 Å². The first kappa shape index (κ1) is 16.0. The van der Waals surface area contributed by atoms with Gasteiger partial charge in [-0.1, -0.05) is 55.8 Å². The summed E-state index contributed by atoms with van der Waals surface area (Å²) in [6.45, 7) is 6.44. The van der Waals surface area contributed by atoms with E-state index in [0.717, 1.165) is 10.2 Å². The van der Waals surface area contributed by atoms with Gasteiger partial charge in [0.25, 0.3) is 5.91 Å². The van der Waals surface area contributed by atoms with Crippen LogP contribution in [0, 0.1) is 0 Å². The number of thiazole rings is 1. The highest BCUT2D eigenvalue weighted by Gasteiger charge is 2.15. The molecular formula is C18H17ClN2OS. The van der Waals surface area contributed by atoms with E-state index in [1.54, 1.807) is 6.07 Å². The Balaban J connectivity index is 1.80. The molecule has 0 aliphatic rings. The molecule has 0 fully saturated rings. The number of aromatic nitrogens is 1. The van der Waals surface area contributed by atoms with Gasteiger partial charge >= 0.3 is 0 Å². The third-order valence-corrected chi connectivity index (χ3v) is 4.75. The van der Waals surface area contributed by atoms with Crippen molar-refractivity contribution in [3.8, 4) is 0 Å². The molecule has 1 amide bonds. The first-order valence-corrected chi connectivity index (χ1v) is 8.50. The molecule has 0 radical (unpaired) electrons. The summed E-state index contributed by atoms with van der Waals surface area (Å²) in [4.78, 5) is 16.8. The molecule has 0 saturated heterocycles. The molecule has 0 unspecified atom stereocenters. The number of carbonyl (C=O) groups is 1. The highest BCUT2D eigenvalue weighted by Crippen LogP contribution is 2.28. The third-order valence-electron chi connectivity index (χ3n) is 3.58. The molecule has 3 nitrogen and oxygen atoms in total. The Morgan fingerprint density at radius 2 is 1.83 bits per heavy atom. The molecule has 3 rings (SSSR count). The predicted molar refractivity (Wildman–Crippen MR) is 97.7 cm³/mol. The highest BCUT2D eigenvalue weighted by atomic mass is 35.5. The summed E-state index contributed by atoms with van der Waals surface area (Å²) >= 11 is 7.39. The molecule has 0 bridgehead atoms. The van der Waals surface area contributed by atoms with Gasteiger partial charge in [0.1, 0.15) is 0 Å². The molecule has 0 aliphatic heterocycles. The second-order valence-corrected chi connectivity index (χ2v) is 7.88. The van der Waals surface area contributed by atoms with Crippen LogP contribution in [0.3, 0.4) is 0 Å². The monoisotopic (exact) mass is 344 g/mol. The largest absolute Gasteiger partial charge is 0.298 e. The number of hydrogen-bond acceptors (Lipinski definition) is 3. The minimum absolute atomic E-state index is 0.0707. The second kappa shape index (κ2) is 5.95. The van der Waals surface area contributed by atoms with E-state index in [2.05, 4.69) is 31.1 Å². The number of nitrogens with zero attached hydrogens (tertiary/aromatic N) is 1. The number of carbonyl (C=O) groups excluding carboxylic acids is 1. The van der Waals surface area contributed by atoms with Crippen molar-refractivity contribution in [2.24, 2.45) is 0 Å². The van der Waals surface area contributed by atoms with Crippen molar-refractivity contribution >= 4 is 44.2 Å². The zero-order valence-corrected chi connectivity index (χ0v) is 14.8. The molecule has 0 spiro atoms. The first-order valence-electron chi connectivity index (χ1n) is 7.31. The molecule has 118 valence electrons. The van der Waals surface area contributed by atoms with Crippen molar-refractivity contribution in [1.82, 2.24) is 4.98 Å². The van der Waals surface area contributed by atoms with Crippen LogP contribution in [0.2, 0.25) is 5.02 Å². The topological polar surface area (TPSA) is 42.0 Å². The summed E-state index contributed by atoms with van der Waals surface area (Å²) in [6, 6.07) is 13.2. The summed E-state index contributed by atoms with van der Waals surface area (Å²) in [7, 11) is 0. The summed E-state index contributed by atoms with van der Waals surface area (Å²) in [6.07, 6.45) is 0. The van der Waals surface area contributed by atoms with Crippen LogP contribution in [0.25, 0.3) is 10.2 Å². The quantitative estimate of drug-likeness (QED) is 0.667. The number of anilines is 1. The maximum atomic E-state index is 12.3. The molecule has 3 aromatic rings. The molecule has 23 heavy (non-hydrogen) atoms. The minimum atomic E-state index is -0.157. The fourth-order valence-corrected chi connectivity index (χ4v) is 3.38. The number of hydrogen-bond donors (Lipinski definition) is 1. The van der Waals surface area contributed by atoms with Crippen LogP contribution in [0.5, 0.6) is 0 Å². The van der Waals surface area contributed by atoms with E-state index in [0.29, 0.717) is 15.7 Å². The summed E-state index contributed by atoms with van der Waals surface area (Å²) in [5.74, 6) is -0.157. The fraction of sp³-hybridized carbons (Fsp3) is 0.222. The highest BCUT2D eigenvalue weighted by molar-refractivity contribution is 7.22. The van der Waals surface area contributed by atoms with E-state index in [4.69, 9.17) is 11.6 Å². The summed E-state index contributed by atoms with van der Waals surface area (Å²) in [5, 5.41) is 4.09. The van der Waals surface area contributed by atoms with Crippen LogP contribution in [0.15, 0.2) is 42.5 Å². The Labute approximate surface area is 144 Å². The molecule has 0 atom stereocenters. The molecule has 2 aromatic carbocycles. The Kier molecular flexibility index (Phi) is 4.13. The lowest BCUT2D eigenvalue weighted by atomic mass is 9.87. The molecule has 1 N–H and O–H groups in total. The normalized spacial score (nSPS) is 11.7. The predicted octanol–water partition coefficient (Wildman–Crippen LogP) is 5.50. The van der Waals surface area contributed by atoms with Crippen molar-refractivity contribution in [3.05, 3.63) is 58.6 Å². The average molecular weight is 345 g/mol. The lowest BCUT2D eigenvalue weighted by molar-refractivity contribution is 0.102. The van der Waals surface area contributed by atoms with Crippen LogP contribution in [-0.2, 0) is 5.41 Å². The van der Waals surface area contributed by atoms with Gasteiger partial charge < -0.3 is 0 Å². The minimum Gasteiger partial charge on any atom is -0.298 e. The summed E-state index contributed by atoms with van der Waals surface area (Å²) in [5.41, 5.74) is 2.72. The maximum Gasteiger partial charge on any atom is 0.257 e. The number of benzene rings is 2. The zero-order valence-electron chi connectivity index (χ0n) is 13.2. The lowest BCUT2D eigenvalue weighted by Gasteiger charge is -2.18. The number of halogens is 1. The molecule has 1 heterocycles. The Hall–Kier alpha value is -1.91. The fourth-order valence-electron chi connectivity index (χ4n) is 2.24. The van der Waals surface area contributed by atoms with Gasteiger partial charge in [0.05, 0.1) is 10.2 Å². The Bertz CT molecular complexity index is 863. The molecular weight excluding hydrogens is 328 g/mol. The van der Waals surface area contributed by atoms with E-state index in [1.807, 2.05) is 36.4 Å². The second-order valence-electron chi connectivity index (χ2n) is 6.41. The third kappa shape index (κ3) is 3.54. The van der Waals surface area contributed by atoms with E-state index < -0.39 is 0 Å². The van der Waals surface area contributed by atoms with Gasteiger partial charge in [-0.25, -0.2) is 4.98 Å². The molecule has 0 saturated carbocycles. The van der Waals surface area contributed by atoms with Crippen molar-refractivity contribution in [1.29, 1.82) is 0 Å². The van der Waals surface area contributed by atoms with Gasteiger partial charge in [0.15, 0.2) is 5.13 Å². The van der Waals surface area contributed by atoms with Crippen molar-refractivity contribution < 1.29 is 4.79 Å². The summed E-state index contributed by atoms with van der Waals surface area (Å²) < 4.78 is 0.955. The number of rotatable bonds is 2. The number of nitrogens with one attached hydrogen (secondary N) is 1. The molecule has 0 aliphatic carbocycles. The van der Waals surface area contributed by atoms with E-state index in [9.17, 15) is 4.79 Å². The van der Waals surface area contributed by atoms with Crippen molar-refractivity contribution in [2.75, 3.05) is 5.32 Å². The van der Waals surface area contributed by atoms with Crippen LogP contribution in [0.4, 0.5) is 5.13 Å². The average Bonchev–Trinajstić information content (AvgIpc) is 2.87. The molecule has 5 heteroatoms. The van der Waals surface area contributed by atoms with Gasteiger partial charge in [-0.05, 0) is 41.3 Å².